The van der Waals surface area contributed by atoms with Crippen LogP contribution in [0.3, 0.4) is 0 Å². The van der Waals surface area contributed by atoms with Crippen molar-refractivity contribution in [2.45, 2.75) is 43.6 Å². The highest BCUT2D eigenvalue weighted by Crippen LogP contribution is 2.36. The topological polar surface area (TPSA) is 29.3 Å². The quantitative estimate of drug-likeness (QED) is 0.897. The van der Waals surface area contributed by atoms with Gasteiger partial charge in [-0.25, -0.2) is 0 Å². The predicted molar refractivity (Wildman–Crippen MR) is 77.8 cm³/mol. The fourth-order valence-corrected chi connectivity index (χ4v) is 3.19. The summed E-state index contributed by atoms with van der Waals surface area (Å²) in [5, 5.41) is 0. The molecule has 0 heterocycles. The molecule has 2 N–H and O–H groups in total. The molecule has 0 unspecified atom stereocenters. The van der Waals surface area contributed by atoms with Crippen molar-refractivity contribution in [3.05, 3.63) is 35.9 Å². The molecule has 0 amide bonds. The van der Waals surface area contributed by atoms with Gasteiger partial charge in [0.15, 0.2) is 0 Å². The van der Waals surface area contributed by atoms with E-state index in [9.17, 15) is 8.78 Å². The molecule has 20 heavy (non-hydrogen) atoms. The molecule has 1 aliphatic carbocycles. The van der Waals surface area contributed by atoms with E-state index in [1.54, 1.807) is 30.1 Å². The number of nitrogens with two attached hydrogens (primary N) is 1. The molecule has 2 rings (SSSR count). The Balaban J connectivity index is 2.11. The first kappa shape index (κ1) is 15.4. The first-order valence-corrected chi connectivity index (χ1v) is 7.35. The zero-order chi connectivity index (χ0) is 14.6. The Hall–Kier alpha value is -1.00. The number of nitrogens with zero attached hydrogens (tertiary/aromatic N) is 1. The Morgan fingerprint density at radius 1 is 1.15 bits per heavy atom. The van der Waals surface area contributed by atoms with Crippen molar-refractivity contribution in [2.24, 2.45) is 5.73 Å². The van der Waals surface area contributed by atoms with Crippen LogP contribution in [-0.4, -0.2) is 30.6 Å². The van der Waals surface area contributed by atoms with Gasteiger partial charge in [0.05, 0.1) is 6.54 Å². The van der Waals surface area contributed by atoms with E-state index in [1.807, 2.05) is 0 Å². The van der Waals surface area contributed by atoms with Crippen LogP contribution in [0.15, 0.2) is 30.3 Å². The van der Waals surface area contributed by atoms with Crippen LogP contribution >= 0.6 is 0 Å². The molecule has 0 radical (unpaired) electrons. The molecule has 1 aromatic rings. The van der Waals surface area contributed by atoms with Crippen LogP contribution in [-0.2, 0) is 5.92 Å². The van der Waals surface area contributed by atoms with Gasteiger partial charge in [-0.15, -0.1) is 0 Å². The third-order valence-corrected chi connectivity index (χ3v) is 4.61. The molecular formula is C16H24F2N2. The van der Waals surface area contributed by atoms with Crippen LogP contribution < -0.4 is 5.73 Å². The number of halogens is 2. The van der Waals surface area contributed by atoms with E-state index in [4.69, 9.17) is 5.73 Å². The Labute approximate surface area is 120 Å². The van der Waals surface area contributed by atoms with Crippen molar-refractivity contribution >= 4 is 0 Å². The highest BCUT2D eigenvalue weighted by atomic mass is 19.3. The second-order valence-electron chi connectivity index (χ2n) is 5.92. The molecule has 1 fully saturated rings. The molecule has 0 saturated heterocycles. The molecule has 0 aliphatic heterocycles. The summed E-state index contributed by atoms with van der Waals surface area (Å²) in [5.41, 5.74) is 5.74. The summed E-state index contributed by atoms with van der Waals surface area (Å²) < 4.78 is 28.8. The second-order valence-corrected chi connectivity index (χ2v) is 5.92. The molecule has 1 aromatic carbocycles. The lowest BCUT2D eigenvalue weighted by Gasteiger charge is -2.45. The second kappa shape index (κ2) is 6.19. The maximum absolute atomic E-state index is 14.4. The molecule has 4 heteroatoms. The summed E-state index contributed by atoms with van der Waals surface area (Å²) in [5.74, 6) is -2.84. The van der Waals surface area contributed by atoms with E-state index < -0.39 is 5.92 Å². The van der Waals surface area contributed by atoms with Gasteiger partial charge in [0.25, 0.3) is 5.92 Å². The fourth-order valence-electron chi connectivity index (χ4n) is 3.19. The summed E-state index contributed by atoms with van der Waals surface area (Å²) in [6.07, 6.45) is 5.19. The standard InChI is InChI=1S/C16H24F2N2/c1-20(15(12-19)10-6-3-7-11-15)13-16(17,18)14-8-4-2-5-9-14/h2,4-5,8-9H,3,6-7,10-13,19H2,1H3. The molecular weight excluding hydrogens is 258 g/mol. The summed E-state index contributed by atoms with van der Waals surface area (Å²) >= 11 is 0. The molecule has 1 saturated carbocycles. The molecule has 0 atom stereocenters. The van der Waals surface area contributed by atoms with Crippen LogP contribution in [0.4, 0.5) is 8.78 Å². The van der Waals surface area contributed by atoms with Crippen LogP contribution in [0.1, 0.15) is 37.7 Å². The first-order valence-electron chi connectivity index (χ1n) is 7.35. The van der Waals surface area contributed by atoms with E-state index in [0.717, 1.165) is 25.7 Å². The largest absolute Gasteiger partial charge is 0.329 e. The Morgan fingerprint density at radius 2 is 1.75 bits per heavy atom. The highest BCUT2D eigenvalue weighted by molar-refractivity contribution is 5.20. The third-order valence-electron chi connectivity index (χ3n) is 4.61. The third kappa shape index (κ3) is 3.18. The number of hydrogen-bond acceptors (Lipinski definition) is 2. The van der Waals surface area contributed by atoms with Gasteiger partial charge >= 0.3 is 0 Å². The minimum atomic E-state index is -2.84. The average Bonchev–Trinajstić information content (AvgIpc) is 2.48. The fraction of sp³-hybridized carbons (Fsp3) is 0.625. The van der Waals surface area contributed by atoms with Crippen molar-refractivity contribution in [1.82, 2.24) is 4.90 Å². The molecule has 0 aromatic heterocycles. The van der Waals surface area contributed by atoms with Gasteiger partial charge in [-0.2, -0.15) is 8.78 Å². The number of hydrogen-bond donors (Lipinski definition) is 1. The van der Waals surface area contributed by atoms with Crippen molar-refractivity contribution in [3.63, 3.8) is 0 Å². The minimum Gasteiger partial charge on any atom is -0.329 e. The van der Waals surface area contributed by atoms with Crippen LogP contribution in [0, 0.1) is 0 Å². The van der Waals surface area contributed by atoms with Crippen molar-refractivity contribution in [3.8, 4) is 0 Å². The molecule has 2 nitrogen and oxygen atoms in total. The lowest BCUT2D eigenvalue weighted by atomic mass is 9.80. The predicted octanol–water partition coefficient (Wildman–Crippen LogP) is 3.37. The number of benzene rings is 1. The smallest absolute Gasteiger partial charge is 0.285 e. The number of likely N-dealkylation sites (N-methyl/N-ethyl adjacent to an activating group) is 1. The van der Waals surface area contributed by atoms with E-state index in [-0.39, 0.29) is 17.6 Å². The minimum absolute atomic E-state index is 0.0785. The summed E-state index contributed by atoms with van der Waals surface area (Å²) in [7, 11) is 1.79. The zero-order valence-electron chi connectivity index (χ0n) is 12.1. The maximum Gasteiger partial charge on any atom is 0.285 e. The van der Waals surface area contributed by atoms with Gasteiger partial charge in [0.1, 0.15) is 0 Å². The van der Waals surface area contributed by atoms with E-state index >= 15 is 0 Å². The average molecular weight is 282 g/mol. The molecule has 112 valence electrons. The van der Waals surface area contributed by atoms with Crippen LogP contribution in [0.5, 0.6) is 0 Å². The van der Waals surface area contributed by atoms with Gasteiger partial charge in [0, 0.05) is 17.6 Å². The van der Waals surface area contributed by atoms with Crippen LogP contribution in [0.25, 0.3) is 0 Å². The van der Waals surface area contributed by atoms with Gasteiger partial charge in [0.2, 0.25) is 0 Å². The number of alkyl halides is 2. The lowest BCUT2D eigenvalue weighted by Crippen LogP contribution is -2.55. The Kier molecular flexibility index (Phi) is 4.76. The van der Waals surface area contributed by atoms with Crippen molar-refractivity contribution in [1.29, 1.82) is 0 Å². The monoisotopic (exact) mass is 282 g/mol. The summed E-state index contributed by atoms with van der Waals surface area (Å²) in [6.45, 7) is 0.183. The number of rotatable bonds is 5. The van der Waals surface area contributed by atoms with E-state index in [0.29, 0.717) is 6.54 Å². The van der Waals surface area contributed by atoms with Gasteiger partial charge < -0.3 is 5.73 Å². The molecule has 0 spiro atoms. The molecule has 0 bridgehead atoms. The summed E-state index contributed by atoms with van der Waals surface area (Å²) in [4.78, 5) is 1.79. The van der Waals surface area contributed by atoms with Gasteiger partial charge in [-0.3, -0.25) is 4.90 Å². The van der Waals surface area contributed by atoms with Gasteiger partial charge in [-0.05, 0) is 19.9 Å². The normalized spacial score (nSPS) is 19.2. The lowest BCUT2D eigenvalue weighted by molar-refractivity contribution is -0.0644. The zero-order valence-corrected chi connectivity index (χ0v) is 12.1. The Morgan fingerprint density at radius 3 is 2.30 bits per heavy atom. The van der Waals surface area contributed by atoms with Gasteiger partial charge in [-0.1, -0.05) is 49.6 Å². The Bertz CT molecular complexity index is 414. The molecule has 1 aliphatic rings. The summed E-state index contributed by atoms with van der Waals surface area (Å²) in [6, 6.07) is 8.05. The maximum atomic E-state index is 14.4. The van der Waals surface area contributed by atoms with Crippen LogP contribution in [0.2, 0.25) is 0 Å². The highest BCUT2D eigenvalue weighted by Gasteiger charge is 2.41. The van der Waals surface area contributed by atoms with E-state index in [2.05, 4.69) is 0 Å². The van der Waals surface area contributed by atoms with Crippen molar-refractivity contribution < 1.29 is 8.78 Å². The van der Waals surface area contributed by atoms with Crippen molar-refractivity contribution in [2.75, 3.05) is 20.1 Å². The van der Waals surface area contributed by atoms with E-state index in [1.165, 1.54) is 18.6 Å². The first-order chi connectivity index (χ1) is 9.50. The SMILES string of the molecule is CN(CC(F)(F)c1ccccc1)C1(CN)CCCCC1.